The van der Waals surface area contributed by atoms with Gasteiger partial charge >= 0.3 is 0 Å². The molecule has 0 aliphatic carbocycles. The van der Waals surface area contributed by atoms with Crippen molar-refractivity contribution in [3.63, 3.8) is 0 Å². The summed E-state index contributed by atoms with van der Waals surface area (Å²) in [6.07, 6.45) is -0.423. The Hall–Kier alpha value is -1.79. The van der Waals surface area contributed by atoms with Crippen molar-refractivity contribution < 1.29 is 19.0 Å². The van der Waals surface area contributed by atoms with E-state index in [-0.39, 0.29) is 5.91 Å². The minimum atomic E-state index is -0.423. The SMILES string of the molecule is COc1ccc(CNC(=O)C2CNCCO2)c(OC)c1. The average Bonchev–Trinajstić information content (AvgIpc) is 2.53. The summed E-state index contributed by atoms with van der Waals surface area (Å²) in [5, 5.41) is 5.98. The second kappa shape index (κ2) is 7.12. The number of methoxy groups -OCH3 is 2. The zero-order valence-electron chi connectivity index (χ0n) is 11.8. The highest BCUT2D eigenvalue weighted by atomic mass is 16.5. The Morgan fingerprint density at radius 1 is 1.45 bits per heavy atom. The zero-order chi connectivity index (χ0) is 14.4. The number of carbonyl (C=O) groups is 1. The summed E-state index contributed by atoms with van der Waals surface area (Å²) < 4.78 is 15.8. The Kier molecular flexibility index (Phi) is 5.20. The minimum Gasteiger partial charge on any atom is -0.497 e. The number of rotatable bonds is 5. The Labute approximate surface area is 118 Å². The summed E-state index contributed by atoms with van der Waals surface area (Å²) in [4.78, 5) is 12.0. The summed E-state index contributed by atoms with van der Waals surface area (Å²) in [5.41, 5.74) is 0.894. The first-order valence-corrected chi connectivity index (χ1v) is 6.55. The molecule has 0 radical (unpaired) electrons. The van der Waals surface area contributed by atoms with Crippen LogP contribution in [0.2, 0.25) is 0 Å². The molecule has 0 aromatic heterocycles. The van der Waals surface area contributed by atoms with Gasteiger partial charge in [0, 0.05) is 31.3 Å². The van der Waals surface area contributed by atoms with Crippen LogP contribution in [-0.2, 0) is 16.1 Å². The van der Waals surface area contributed by atoms with Crippen molar-refractivity contribution in [1.82, 2.24) is 10.6 Å². The van der Waals surface area contributed by atoms with Gasteiger partial charge in [-0.1, -0.05) is 0 Å². The van der Waals surface area contributed by atoms with Crippen LogP contribution in [0.4, 0.5) is 0 Å². The van der Waals surface area contributed by atoms with E-state index >= 15 is 0 Å². The van der Waals surface area contributed by atoms with Crippen LogP contribution in [0.15, 0.2) is 18.2 Å². The van der Waals surface area contributed by atoms with E-state index in [1.54, 1.807) is 20.3 Å². The van der Waals surface area contributed by atoms with E-state index < -0.39 is 6.10 Å². The van der Waals surface area contributed by atoms with Crippen LogP contribution < -0.4 is 20.1 Å². The van der Waals surface area contributed by atoms with Gasteiger partial charge in [-0.3, -0.25) is 4.79 Å². The molecular formula is C14H20N2O4. The minimum absolute atomic E-state index is 0.116. The highest BCUT2D eigenvalue weighted by molar-refractivity contribution is 5.81. The van der Waals surface area contributed by atoms with E-state index in [1.165, 1.54) is 0 Å². The Morgan fingerprint density at radius 3 is 2.95 bits per heavy atom. The molecule has 0 saturated carbocycles. The first-order chi connectivity index (χ1) is 9.74. The number of benzene rings is 1. The Balaban J connectivity index is 1.94. The lowest BCUT2D eigenvalue weighted by atomic mass is 10.2. The van der Waals surface area contributed by atoms with Crippen molar-refractivity contribution in [2.75, 3.05) is 33.9 Å². The van der Waals surface area contributed by atoms with E-state index in [0.717, 1.165) is 17.9 Å². The first-order valence-electron chi connectivity index (χ1n) is 6.55. The van der Waals surface area contributed by atoms with Crippen LogP contribution in [0.1, 0.15) is 5.56 Å². The lowest BCUT2D eigenvalue weighted by molar-refractivity contribution is -0.134. The molecule has 6 nitrogen and oxygen atoms in total. The van der Waals surface area contributed by atoms with Crippen molar-refractivity contribution >= 4 is 5.91 Å². The molecule has 1 fully saturated rings. The summed E-state index contributed by atoms with van der Waals surface area (Å²) in [6, 6.07) is 5.50. The van der Waals surface area contributed by atoms with Gasteiger partial charge in [0.1, 0.15) is 17.6 Å². The fourth-order valence-corrected chi connectivity index (χ4v) is 2.03. The highest BCUT2D eigenvalue weighted by Gasteiger charge is 2.21. The van der Waals surface area contributed by atoms with Crippen LogP contribution >= 0.6 is 0 Å². The normalized spacial score (nSPS) is 18.4. The smallest absolute Gasteiger partial charge is 0.250 e. The molecule has 1 aliphatic rings. The number of ether oxygens (including phenoxy) is 3. The standard InChI is InChI=1S/C14H20N2O4/c1-18-11-4-3-10(12(7-11)19-2)8-16-14(17)13-9-15-5-6-20-13/h3-4,7,13,15H,5-6,8-9H2,1-2H3,(H,16,17). The molecule has 1 unspecified atom stereocenters. The molecule has 1 atom stereocenters. The molecule has 1 aromatic carbocycles. The van der Waals surface area contributed by atoms with Crippen molar-refractivity contribution in [3.05, 3.63) is 23.8 Å². The Morgan fingerprint density at radius 2 is 2.30 bits per heavy atom. The summed E-state index contributed by atoms with van der Waals surface area (Å²) in [5.74, 6) is 1.29. The van der Waals surface area contributed by atoms with Gasteiger partial charge in [-0.25, -0.2) is 0 Å². The van der Waals surface area contributed by atoms with Gasteiger partial charge < -0.3 is 24.8 Å². The molecule has 0 spiro atoms. The molecule has 0 bridgehead atoms. The van der Waals surface area contributed by atoms with Gasteiger partial charge in [0.25, 0.3) is 5.91 Å². The maximum Gasteiger partial charge on any atom is 0.250 e. The fourth-order valence-electron chi connectivity index (χ4n) is 2.03. The molecular weight excluding hydrogens is 260 g/mol. The monoisotopic (exact) mass is 280 g/mol. The third-order valence-corrected chi connectivity index (χ3v) is 3.17. The third kappa shape index (κ3) is 3.61. The van der Waals surface area contributed by atoms with Crippen LogP contribution in [0, 0.1) is 0 Å². The summed E-state index contributed by atoms with van der Waals surface area (Å²) in [6.45, 7) is 2.29. The van der Waals surface area contributed by atoms with Crippen molar-refractivity contribution in [1.29, 1.82) is 0 Å². The van der Waals surface area contributed by atoms with Gasteiger partial charge in [0.2, 0.25) is 0 Å². The lowest BCUT2D eigenvalue weighted by Gasteiger charge is -2.22. The fraction of sp³-hybridized carbons (Fsp3) is 0.500. The number of hydrogen-bond acceptors (Lipinski definition) is 5. The summed E-state index contributed by atoms with van der Waals surface area (Å²) >= 11 is 0. The number of nitrogens with one attached hydrogen (secondary N) is 2. The van der Waals surface area contributed by atoms with E-state index in [4.69, 9.17) is 14.2 Å². The largest absolute Gasteiger partial charge is 0.497 e. The predicted molar refractivity (Wildman–Crippen MR) is 74.0 cm³/mol. The number of morpholine rings is 1. The highest BCUT2D eigenvalue weighted by Crippen LogP contribution is 2.24. The van der Waals surface area contributed by atoms with Crippen LogP contribution in [-0.4, -0.2) is 45.9 Å². The molecule has 2 rings (SSSR count). The predicted octanol–water partition coefficient (Wildman–Crippen LogP) is 0.308. The van der Waals surface area contributed by atoms with Crippen molar-refractivity contribution in [2.45, 2.75) is 12.6 Å². The molecule has 20 heavy (non-hydrogen) atoms. The topological polar surface area (TPSA) is 68.8 Å². The average molecular weight is 280 g/mol. The van der Waals surface area contributed by atoms with Gasteiger partial charge in [0.05, 0.1) is 20.8 Å². The van der Waals surface area contributed by atoms with E-state index in [1.807, 2.05) is 12.1 Å². The van der Waals surface area contributed by atoms with Gasteiger partial charge in [-0.15, -0.1) is 0 Å². The molecule has 1 heterocycles. The van der Waals surface area contributed by atoms with Gasteiger partial charge in [-0.2, -0.15) is 0 Å². The van der Waals surface area contributed by atoms with E-state index in [2.05, 4.69) is 10.6 Å². The Bertz CT molecular complexity index is 458. The maximum atomic E-state index is 12.0. The van der Waals surface area contributed by atoms with Crippen LogP contribution in [0.3, 0.4) is 0 Å². The lowest BCUT2D eigenvalue weighted by Crippen LogP contribution is -2.47. The van der Waals surface area contributed by atoms with Crippen molar-refractivity contribution in [2.24, 2.45) is 0 Å². The first kappa shape index (κ1) is 14.6. The molecule has 2 N–H and O–H groups in total. The number of hydrogen-bond donors (Lipinski definition) is 2. The quantitative estimate of drug-likeness (QED) is 0.812. The van der Waals surface area contributed by atoms with E-state index in [0.29, 0.717) is 25.4 Å². The second-order valence-electron chi connectivity index (χ2n) is 4.46. The maximum absolute atomic E-state index is 12.0. The van der Waals surface area contributed by atoms with Crippen LogP contribution in [0.25, 0.3) is 0 Å². The van der Waals surface area contributed by atoms with Gasteiger partial charge in [-0.05, 0) is 12.1 Å². The van der Waals surface area contributed by atoms with Gasteiger partial charge in [0.15, 0.2) is 0 Å². The molecule has 1 amide bonds. The molecule has 110 valence electrons. The zero-order valence-corrected chi connectivity index (χ0v) is 11.8. The number of carbonyl (C=O) groups excluding carboxylic acids is 1. The molecule has 1 aliphatic heterocycles. The number of amides is 1. The van der Waals surface area contributed by atoms with Crippen LogP contribution in [0.5, 0.6) is 11.5 Å². The third-order valence-electron chi connectivity index (χ3n) is 3.17. The molecule has 6 heteroatoms. The van der Waals surface area contributed by atoms with Crippen molar-refractivity contribution in [3.8, 4) is 11.5 Å². The molecule has 1 saturated heterocycles. The summed E-state index contributed by atoms with van der Waals surface area (Å²) in [7, 11) is 3.19. The van der Waals surface area contributed by atoms with E-state index in [9.17, 15) is 4.79 Å². The molecule has 1 aromatic rings. The second-order valence-corrected chi connectivity index (χ2v) is 4.46.